The second kappa shape index (κ2) is 9.28. The molecule has 0 radical (unpaired) electrons. The Morgan fingerprint density at radius 2 is 2.08 bits per heavy atom. The number of hydrogen-bond donors (Lipinski definition) is 1. The number of nitrogens with one attached hydrogen (secondary N) is 1. The summed E-state index contributed by atoms with van der Waals surface area (Å²) < 4.78 is 2.05. The summed E-state index contributed by atoms with van der Waals surface area (Å²) in [5, 5.41) is 13.4. The van der Waals surface area contributed by atoms with Crippen LogP contribution >= 0.6 is 23.4 Å². The number of nitrogens with zero attached hydrogens (tertiary/aromatic N) is 4. The molecule has 1 aliphatic rings. The molecular weight excluding hydrogens is 370 g/mol. The van der Waals surface area contributed by atoms with E-state index in [2.05, 4.69) is 22.4 Å². The van der Waals surface area contributed by atoms with E-state index in [-0.39, 0.29) is 5.91 Å². The molecule has 0 aliphatic carbocycles. The minimum atomic E-state index is 0.193. The zero-order valence-electron chi connectivity index (χ0n) is 14.9. The van der Waals surface area contributed by atoms with Crippen LogP contribution in [0.2, 0.25) is 5.02 Å². The van der Waals surface area contributed by atoms with Gasteiger partial charge in [0, 0.05) is 30.3 Å². The number of aromatic nitrogens is 3. The Balaban J connectivity index is 1.57. The predicted molar refractivity (Wildman–Crippen MR) is 106 cm³/mol. The zero-order valence-corrected chi connectivity index (χ0v) is 16.5. The molecule has 1 aromatic carbocycles. The number of amides is 1. The molecule has 2 aromatic rings. The lowest BCUT2D eigenvalue weighted by Crippen LogP contribution is -2.36. The minimum Gasteiger partial charge on any atom is -0.378 e. The third-order valence-corrected chi connectivity index (χ3v) is 5.61. The van der Waals surface area contributed by atoms with Crippen molar-refractivity contribution in [3.8, 4) is 0 Å². The third kappa shape index (κ3) is 4.92. The second-order valence-electron chi connectivity index (χ2n) is 6.24. The number of benzene rings is 1. The topological polar surface area (TPSA) is 63.1 Å². The van der Waals surface area contributed by atoms with E-state index in [9.17, 15) is 4.79 Å². The fraction of sp³-hybridized carbons (Fsp3) is 0.500. The van der Waals surface area contributed by atoms with Gasteiger partial charge in [-0.25, -0.2) is 0 Å². The molecule has 2 heterocycles. The lowest BCUT2D eigenvalue weighted by molar-refractivity contribution is -0.129. The van der Waals surface area contributed by atoms with Crippen molar-refractivity contribution in [2.45, 2.75) is 44.4 Å². The summed E-state index contributed by atoms with van der Waals surface area (Å²) in [5.74, 6) is 1.46. The van der Waals surface area contributed by atoms with Gasteiger partial charge >= 0.3 is 0 Å². The van der Waals surface area contributed by atoms with Crippen molar-refractivity contribution in [1.82, 2.24) is 19.7 Å². The van der Waals surface area contributed by atoms with Crippen molar-refractivity contribution < 1.29 is 4.79 Å². The molecular formula is C18H24ClN5OS. The Morgan fingerprint density at radius 1 is 1.27 bits per heavy atom. The Bertz CT molecular complexity index is 745. The molecule has 1 fully saturated rings. The van der Waals surface area contributed by atoms with Crippen LogP contribution in [-0.2, 0) is 17.9 Å². The standard InChI is InChI=1S/C18H24ClN5OS/c1-2-24-16(12-20-15-8-6-7-14(19)11-15)21-22-18(24)26-13-17(25)23-9-4-3-5-10-23/h6-8,11,20H,2-5,9-10,12-13H2,1H3. The molecule has 3 rings (SSSR count). The highest BCUT2D eigenvalue weighted by Crippen LogP contribution is 2.20. The molecule has 0 spiro atoms. The molecule has 1 amide bonds. The molecule has 0 bridgehead atoms. The van der Waals surface area contributed by atoms with Crippen molar-refractivity contribution in [3.63, 3.8) is 0 Å². The third-order valence-electron chi connectivity index (χ3n) is 4.42. The maximum atomic E-state index is 12.3. The molecule has 1 aromatic heterocycles. The van der Waals surface area contributed by atoms with Gasteiger partial charge in [-0.1, -0.05) is 29.4 Å². The lowest BCUT2D eigenvalue weighted by Gasteiger charge is -2.26. The second-order valence-corrected chi connectivity index (χ2v) is 7.62. The van der Waals surface area contributed by atoms with Crippen LogP contribution in [-0.4, -0.2) is 44.4 Å². The first-order valence-electron chi connectivity index (χ1n) is 8.99. The number of hydrogen-bond acceptors (Lipinski definition) is 5. The summed E-state index contributed by atoms with van der Waals surface area (Å²) in [6, 6.07) is 7.59. The summed E-state index contributed by atoms with van der Waals surface area (Å²) in [5.41, 5.74) is 0.942. The summed E-state index contributed by atoms with van der Waals surface area (Å²) in [6.45, 7) is 5.15. The molecule has 0 saturated carbocycles. The van der Waals surface area contributed by atoms with Crippen molar-refractivity contribution in [2.24, 2.45) is 0 Å². The monoisotopic (exact) mass is 393 g/mol. The molecule has 1 aliphatic heterocycles. The molecule has 26 heavy (non-hydrogen) atoms. The molecule has 6 nitrogen and oxygen atoms in total. The smallest absolute Gasteiger partial charge is 0.233 e. The first kappa shape index (κ1) is 19.0. The first-order valence-corrected chi connectivity index (χ1v) is 10.4. The van der Waals surface area contributed by atoms with E-state index in [0.29, 0.717) is 17.3 Å². The molecule has 8 heteroatoms. The van der Waals surface area contributed by atoms with Crippen molar-refractivity contribution in [1.29, 1.82) is 0 Å². The number of rotatable bonds is 7. The van der Waals surface area contributed by atoms with Gasteiger partial charge < -0.3 is 14.8 Å². The van der Waals surface area contributed by atoms with Crippen LogP contribution < -0.4 is 5.32 Å². The van der Waals surface area contributed by atoms with E-state index in [4.69, 9.17) is 11.6 Å². The SMILES string of the molecule is CCn1c(CNc2cccc(Cl)c2)nnc1SCC(=O)N1CCCCC1. The number of thioether (sulfide) groups is 1. The van der Waals surface area contributed by atoms with Gasteiger partial charge in [-0.05, 0) is 44.4 Å². The summed E-state index contributed by atoms with van der Waals surface area (Å²) in [7, 11) is 0. The maximum Gasteiger partial charge on any atom is 0.233 e. The zero-order chi connectivity index (χ0) is 18.4. The number of halogens is 1. The van der Waals surface area contributed by atoms with Gasteiger partial charge in [0.1, 0.15) is 0 Å². The summed E-state index contributed by atoms with van der Waals surface area (Å²) >= 11 is 7.48. The molecule has 1 N–H and O–H groups in total. The Kier molecular flexibility index (Phi) is 6.80. The molecule has 1 saturated heterocycles. The lowest BCUT2D eigenvalue weighted by atomic mass is 10.1. The fourth-order valence-corrected chi connectivity index (χ4v) is 4.13. The van der Waals surface area contributed by atoms with Crippen LogP contribution in [0.25, 0.3) is 0 Å². The van der Waals surface area contributed by atoms with Crippen LogP contribution in [0.5, 0.6) is 0 Å². The number of carbonyl (C=O) groups is 1. The Morgan fingerprint density at radius 3 is 2.81 bits per heavy atom. The van der Waals surface area contributed by atoms with Gasteiger partial charge in [0.2, 0.25) is 5.91 Å². The van der Waals surface area contributed by atoms with Gasteiger partial charge in [-0.2, -0.15) is 0 Å². The van der Waals surface area contributed by atoms with Gasteiger partial charge in [0.25, 0.3) is 0 Å². The average molecular weight is 394 g/mol. The predicted octanol–water partition coefficient (Wildman–Crippen LogP) is 3.67. The van der Waals surface area contributed by atoms with Crippen molar-refractivity contribution in [3.05, 3.63) is 35.1 Å². The normalized spacial score (nSPS) is 14.5. The fourth-order valence-electron chi connectivity index (χ4n) is 3.01. The highest BCUT2D eigenvalue weighted by atomic mass is 35.5. The highest BCUT2D eigenvalue weighted by Gasteiger charge is 2.18. The average Bonchev–Trinajstić information content (AvgIpc) is 3.07. The minimum absolute atomic E-state index is 0.193. The molecule has 0 atom stereocenters. The van der Waals surface area contributed by atoms with Crippen molar-refractivity contribution >= 4 is 35.0 Å². The quantitative estimate of drug-likeness (QED) is 0.727. The number of piperidine rings is 1. The van der Waals surface area contributed by atoms with Crippen LogP contribution in [0.15, 0.2) is 29.4 Å². The van der Waals surface area contributed by atoms with E-state index in [0.717, 1.165) is 49.1 Å². The number of likely N-dealkylation sites (tertiary alicyclic amines) is 1. The Labute approximate surface area is 163 Å². The van der Waals surface area contributed by atoms with E-state index >= 15 is 0 Å². The summed E-state index contributed by atoms with van der Waals surface area (Å²) in [4.78, 5) is 14.3. The molecule has 0 unspecified atom stereocenters. The van der Waals surface area contributed by atoms with Gasteiger partial charge in [-0.3, -0.25) is 4.79 Å². The largest absolute Gasteiger partial charge is 0.378 e. The van der Waals surface area contributed by atoms with Crippen LogP contribution in [0.4, 0.5) is 5.69 Å². The number of carbonyl (C=O) groups excluding carboxylic acids is 1. The molecule has 140 valence electrons. The summed E-state index contributed by atoms with van der Waals surface area (Å²) in [6.07, 6.45) is 3.45. The van der Waals surface area contributed by atoms with Gasteiger partial charge in [0.05, 0.1) is 12.3 Å². The van der Waals surface area contributed by atoms with Gasteiger partial charge in [0.15, 0.2) is 11.0 Å². The van der Waals surface area contributed by atoms with Crippen LogP contribution in [0, 0.1) is 0 Å². The van der Waals surface area contributed by atoms with E-state index < -0.39 is 0 Å². The van der Waals surface area contributed by atoms with Crippen molar-refractivity contribution in [2.75, 3.05) is 24.2 Å². The highest BCUT2D eigenvalue weighted by molar-refractivity contribution is 7.99. The van der Waals surface area contributed by atoms with Crippen LogP contribution in [0.3, 0.4) is 0 Å². The van der Waals surface area contributed by atoms with E-state index in [1.807, 2.05) is 33.7 Å². The van der Waals surface area contributed by atoms with E-state index in [1.54, 1.807) is 0 Å². The van der Waals surface area contributed by atoms with Crippen LogP contribution in [0.1, 0.15) is 32.0 Å². The first-order chi connectivity index (χ1) is 12.7. The Hall–Kier alpha value is -1.73. The maximum absolute atomic E-state index is 12.3. The van der Waals surface area contributed by atoms with Gasteiger partial charge in [-0.15, -0.1) is 10.2 Å². The number of anilines is 1. The van der Waals surface area contributed by atoms with E-state index in [1.165, 1.54) is 18.2 Å².